The molecule has 0 saturated heterocycles. The minimum atomic E-state index is -0.318. The lowest BCUT2D eigenvalue weighted by atomic mass is 10.2. The van der Waals surface area contributed by atoms with Crippen LogP contribution in [0.15, 0.2) is 24.3 Å². The normalized spacial score (nSPS) is 13.2. The van der Waals surface area contributed by atoms with Crippen LogP contribution < -0.4 is 16.0 Å². The maximum atomic E-state index is 12.6. The molecular weight excluding hydrogens is 374 g/mol. The molecule has 26 heavy (non-hydrogen) atoms. The second kappa shape index (κ2) is 7.47. The van der Waals surface area contributed by atoms with E-state index < -0.39 is 0 Å². The van der Waals surface area contributed by atoms with Gasteiger partial charge >= 0.3 is 0 Å². The monoisotopic (exact) mass is 391 g/mol. The molecule has 1 saturated carbocycles. The standard InChI is InChI=1S/C18H18ClN3O3S/c1-9-7-15(22-17(24)11-3-4-11)26-16(9)18(25)21-14-8-12(20-10(2)23)5-6-13(14)19/h5-8,11H,3-4H2,1-2H3,(H,20,23)(H,21,25)(H,22,24). The maximum Gasteiger partial charge on any atom is 0.266 e. The van der Waals surface area contributed by atoms with E-state index in [1.807, 2.05) is 6.92 Å². The predicted octanol–water partition coefficient (Wildman–Crippen LogP) is 4.27. The van der Waals surface area contributed by atoms with Gasteiger partial charge in [0.1, 0.15) is 0 Å². The number of aryl methyl sites for hydroxylation is 1. The van der Waals surface area contributed by atoms with Crippen molar-refractivity contribution in [1.29, 1.82) is 0 Å². The smallest absolute Gasteiger partial charge is 0.266 e. The van der Waals surface area contributed by atoms with Crippen molar-refractivity contribution < 1.29 is 14.4 Å². The van der Waals surface area contributed by atoms with Crippen molar-refractivity contribution in [2.45, 2.75) is 26.7 Å². The van der Waals surface area contributed by atoms with Crippen LogP contribution in [0.25, 0.3) is 0 Å². The summed E-state index contributed by atoms with van der Waals surface area (Å²) in [5.74, 6) is -0.426. The molecule has 0 unspecified atom stereocenters. The molecule has 8 heteroatoms. The summed E-state index contributed by atoms with van der Waals surface area (Å²) in [7, 11) is 0. The number of benzene rings is 1. The zero-order valence-electron chi connectivity index (χ0n) is 14.3. The van der Waals surface area contributed by atoms with Crippen molar-refractivity contribution in [2.75, 3.05) is 16.0 Å². The molecule has 1 aliphatic carbocycles. The summed E-state index contributed by atoms with van der Waals surface area (Å²) < 4.78 is 0. The number of amides is 3. The van der Waals surface area contributed by atoms with Gasteiger partial charge in [-0.05, 0) is 49.6 Å². The fourth-order valence-electron chi connectivity index (χ4n) is 2.42. The van der Waals surface area contributed by atoms with Crippen molar-refractivity contribution in [3.8, 4) is 0 Å². The number of hydrogen-bond acceptors (Lipinski definition) is 4. The molecule has 1 aliphatic rings. The van der Waals surface area contributed by atoms with Crippen molar-refractivity contribution >= 4 is 57.0 Å². The highest BCUT2D eigenvalue weighted by Crippen LogP contribution is 2.33. The summed E-state index contributed by atoms with van der Waals surface area (Å²) in [6.07, 6.45) is 1.85. The molecule has 0 bridgehead atoms. The summed E-state index contributed by atoms with van der Waals surface area (Å²) in [5.41, 5.74) is 1.71. The molecule has 1 aromatic carbocycles. The van der Waals surface area contributed by atoms with Gasteiger partial charge < -0.3 is 16.0 Å². The second-order valence-corrected chi connectivity index (χ2v) is 7.68. The molecule has 2 aromatic rings. The molecule has 136 valence electrons. The molecule has 0 spiro atoms. The van der Waals surface area contributed by atoms with E-state index in [1.165, 1.54) is 18.3 Å². The molecule has 0 atom stereocenters. The SMILES string of the molecule is CC(=O)Nc1ccc(Cl)c(NC(=O)c2sc(NC(=O)C3CC3)cc2C)c1. The van der Waals surface area contributed by atoms with Gasteiger partial charge in [-0.2, -0.15) is 0 Å². The largest absolute Gasteiger partial charge is 0.326 e. The summed E-state index contributed by atoms with van der Waals surface area (Å²) in [5, 5.41) is 9.28. The molecule has 1 heterocycles. The van der Waals surface area contributed by atoms with Gasteiger partial charge in [-0.25, -0.2) is 0 Å². The first-order valence-electron chi connectivity index (χ1n) is 8.13. The summed E-state index contributed by atoms with van der Waals surface area (Å²) in [6, 6.07) is 6.64. The van der Waals surface area contributed by atoms with E-state index in [9.17, 15) is 14.4 Å². The van der Waals surface area contributed by atoms with Crippen LogP contribution in [0.2, 0.25) is 5.02 Å². The number of anilines is 3. The highest BCUT2D eigenvalue weighted by molar-refractivity contribution is 7.18. The Morgan fingerprint density at radius 3 is 2.50 bits per heavy atom. The third kappa shape index (κ3) is 4.42. The van der Waals surface area contributed by atoms with Crippen LogP contribution in [0.3, 0.4) is 0 Å². The van der Waals surface area contributed by atoms with Crippen LogP contribution in [0, 0.1) is 12.8 Å². The lowest BCUT2D eigenvalue weighted by Gasteiger charge is -2.09. The maximum absolute atomic E-state index is 12.6. The highest BCUT2D eigenvalue weighted by atomic mass is 35.5. The number of nitrogens with one attached hydrogen (secondary N) is 3. The van der Waals surface area contributed by atoms with Crippen LogP contribution in [-0.2, 0) is 9.59 Å². The lowest BCUT2D eigenvalue weighted by Crippen LogP contribution is -2.13. The Hall–Kier alpha value is -2.38. The van der Waals surface area contributed by atoms with Crippen LogP contribution >= 0.6 is 22.9 Å². The molecule has 0 aliphatic heterocycles. The van der Waals surface area contributed by atoms with Gasteiger partial charge in [-0.1, -0.05) is 11.6 Å². The topological polar surface area (TPSA) is 87.3 Å². The fourth-order valence-corrected chi connectivity index (χ4v) is 3.55. The van der Waals surface area contributed by atoms with E-state index in [2.05, 4.69) is 16.0 Å². The Balaban J connectivity index is 1.74. The quantitative estimate of drug-likeness (QED) is 0.711. The second-order valence-electron chi connectivity index (χ2n) is 6.22. The summed E-state index contributed by atoms with van der Waals surface area (Å²) >= 11 is 7.36. The fraction of sp³-hybridized carbons (Fsp3) is 0.278. The Morgan fingerprint density at radius 1 is 1.12 bits per heavy atom. The van der Waals surface area contributed by atoms with Crippen molar-refractivity contribution in [1.82, 2.24) is 0 Å². The minimum absolute atomic E-state index is 0.00395. The predicted molar refractivity (Wildman–Crippen MR) is 104 cm³/mol. The lowest BCUT2D eigenvalue weighted by molar-refractivity contribution is -0.117. The first kappa shape index (κ1) is 18.4. The molecule has 3 N–H and O–H groups in total. The van der Waals surface area contributed by atoms with Crippen molar-refractivity contribution in [3.63, 3.8) is 0 Å². The Labute approximate surface area is 159 Å². The van der Waals surface area contributed by atoms with Crippen molar-refractivity contribution in [3.05, 3.63) is 39.7 Å². The van der Waals surface area contributed by atoms with E-state index in [-0.39, 0.29) is 23.6 Å². The van der Waals surface area contributed by atoms with E-state index in [0.717, 1.165) is 18.4 Å². The first-order chi connectivity index (χ1) is 12.3. The number of halogens is 1. The molecule has 1 fully saturated rings. The van der Waals surface area contributed by atoms with Crippen LogP contribution in [0.1, 0.15) is 35.0 Å². The van der Waals surface area contributed by atoms with Crippen molar-refractivity contribution in [2.24, 2.45) is 5.92 Å². The van der Waals surface area contributed by atoms with E-state index in [4.69, 9.17) is 11.6 Å². The van der Waals surface area contributed by atoms with Gasteiger partial charge in [0.05, 0.1) is 20.6 Å². The Kier molecular flexibility index (Phi) is 5.29. The molecule has 3 rings (SSSR count). The van der Waals surface area contributed by atoms with Gasteiger partial charge in [0, 0.05) is 18.5 Å². The van der Waals surface area contributed by atoms with E-state index >= 15 is 0 Å². The van der Waals surface area contributed by atoms with Gasteiger partial charge in [0.2, 0.25) is 11.8 Å². The average molecular weight is 392 g/mol. The third-order valence-corrected chi connectivity index (χ3v) is 5.33. The summed E-state index contributed by atoms with van der Waals surface area (Å²) in [4.78, 5) is 36.1. The highest BCUT2D eigenvalue weighted by Gasteiger charge is 2.30. The number of carbonyl (C=O) groups is 3. The molecule has 1 aromatic heterocycles. The molecule has 0 radical (unpaired) electrons. The minimum Gasteiger partial charge on any atom is -0.326 e. The molecular formula is C18H18ClN3O3S. The number of hydrogen-bond donors (Lipinski definition) is 3. The Morgan fingerprint density at radius 2 is 1.85 bits per heavy atom. The summed E-state index contributed by atoms with van der Waals surface area (Å²) in [6.45, 7) is 3.22. The molecule has 3 amide bonds. The van der Waals surface area contributed by atoms with Crippen LogP contribution in [0.5, 0.6) is 0 Å². The van der Waals surface area contributed by atoms with E-state index in [0.29, 0.717) is 26.3 Å². The number of rotatable bonds is 5. The zero-order chi connectivity index (χ0) is 18.8. The van der Waals surface area contributed by atoms with Gasteiger partial charge in [0.25, 0.3) is 5.91 Å². The van der Waals surface area contributed by atoms with Gasteiger partial charge in [-0.15, -0.1) is 11.3 Å². The van der Waals surface area contributed by atoms with Crippen LogP contribution in [0.4, 0.5) is 16.4 Å². The van der Waals surface area contributed by atoms with Gasteiger partial charge in [-0.3, -0.25) is 14.4 Å². The Bertz CT molecular complexity index is 890. The van der Waals surface area contributed by atoms with E-state index in [1.54, 1.807) is 24.3 Å². The molecule has 6 nitrogen and oxygen atoms in total. The number of carbonyl (C=O) groups excluding carboxylic acids is 3. The average Bonchev–Trinajstić information content (AvgIpc) is 3.34. The number of thiophene rings is 1. The van der Waals surface area contributed by atoms with Gasteiger partial charge in [0.15, 0.2) is 0 Å². The van der Waals surface area contributed by atoms with Crippen LogP contribution in [-0.4, -0.2) is 17.7 Å². The first-order valence-corrected chi connectivity index (χ1v) is 9.32. The zero-order valence-corrected chi connectivity index (χ0v) is 15.9. The third-order valence-electron chi connectivity index (χ3n) is 3.85.